The summed E-state index contributed by atoms with van der Waals surface area (Å²) in [7, 11) is -3.45. The van der Waals surface area contributed by atoms with Crippen molar-refractivity contribution in [3.8, 4) is 12.3 Å². The average molecular weight is 278 g/mol. The highest BCUT2D eigenvalue weighted by molar-refractivity contribution is 7.89. The maximum absolute atomic E-state index is 12.3. The lowest BCUT2D eigenvalue weighted by atomic mass is 10.2. The Morgan fingerprint density at radius 2 is 2.11 bits per heavy atom. The summed E-state index contributed by atoms with van der Waals surface area (Å²) in [6.45, 7) is 1.93. The minimum Gasteiger partial charge on any atom is -0.381 e. The zero-order valence-electron chi connectivity index (χ0n) is 10.9. The zero-order chi connectivity index (χ0) is 13.9. The fraction of sp³-hybridized carbons (Fsp3) is 0.429. The molecule has 1 aromatic carbocycles. The molecule has 0 heterocycles. The van der Waals surface area contributed by atoms with Crippen molar-refractivity contribution >= 4 is 15.7 Å². The summed E-state index contributed by atoms with van der Waals surface area (Å²) >= 11 is 0. The molecule has 1 aliphatic rings. The summed E-state index contributed by atoms with van der Waals surface area (Å²) in [5, 5.41) is 3.15. The predicted molar refractivity (Wildman–Crippen MR) is 76.3 cm³/mol. The van der Waals surface area contributed by atoms with Crippen LogP contribution in [0.1, 0.15) is 26.2 Å². The lowest BCUT2D eigenvalue weighted by molar-refractivity contribution is 0.581. The van der Waals surface area contributed by atoms with Gasteiger partial charge in [-0.25, -0.2) is 13.1 Å². The SMILES string of the molecule is C#CCC(C)Nc1ccccc1S(=O)(=O)NC1CC1. The van der Waals surface area contributed by atoms with Crippen LogP contribution in [0, 0.1) is 12.3 Å². The molecule has 0 aliphatic heterocycles. The Morgan fingerprint density at radius 1 is 1.42 bits per heavy atom. The number of para-hydroxylation sites is 1. The van der Waals surface area contributed by atoms with E-state index in [0.717, 1.165) is 12.8 Å². The Balaban J connectivity index is 2.22. The monoisotopic (exact) mass is 278 g/mol. The molecular formula is C14H18N2O2S. The van der Waals surface area contributed by atoms with Gasteiger partial charge < -0.3 is 5.32 Å². The first-order chi connectivity index (χ1) is 9.03. The van der Waals surface area contributed by atoms with Gasteiger partial charge in [-0.1, -0.05) is 12.1 Å². The van der Waals surface area contributed by atoms with Gasteiger partial charge in [0.25, 0.3) is 0 Å². The molecule has 1 unspecified atom stereocenters. The highest BCUT2D eigenvalue weighted by Crippen LogP contribution is 2.26. The van der Waals surface area contributed by atoms with E-state index < -0.39 is 10.0 Å². The van der Waals surface area contributed by atoms with Crippen LogP contribution in [0.4, 0.5) is 5.69 Å². The molecule has 1 atom stereocenters. The summed E-state index contributed by atoms with van der Waals surface area (Å²) < 4.78 is 27.2. The van der Waals surface area contributed by atoms with Crippen LogP contribution in [-0.4, -0.2) is 20.5 Å². The Morgan fingerprint density at radius 3 is 2.74 bits per heavy atom. The molecule has 102 valence electrons. The molecule has 4 nitrogen and oxygen atoms in total. The Bertz CT molecular complexity index is 586. The Labute approximate surface area is 114 Å². The van der Waals surface area contributed by atoms with E-state index in [4.69, 9.17) is 6.42 Å². The van der Waals surface area contributed by atoms with Crippen molar-refractivity contribution in [2.75, 3.05) is 5.32 Å². The lowest BCUT2D eigenvalue weighted by Gasteiger charge is -2.16. The standard InChI is InChI=1S/C14H18N2O2S/c1-3-6-11(2)15-13-7-4-5-8-14(13)19(17,18)16-12-9-10-12/h1,4-5,7-8,11-12,15-16H,6,9-10H2,2H3. The van der Waals surface area contributed by atoms with Gasteiger partial charge in [-0.3, -0.25) is 0 Å². The number of benzene rings is 1. The number of sulfonamides is 1. The van der Waals surface area contributed by atoms with Crippen LogP contribution in [-0.2, 0) is 10.0 Å². The molecule has 2 N–H and O–H groups in total. The number of terminal acetylenes is 1. The summed E-state index contributed by atoms with van der Waals surface area (Å²) in [6, 6.07) is 7.02. The molecule has 1 fully saturated rings. The van der Waals surface area contributed by atoms with E-state index in [1.165, 1.54) is 0 Å². The van der Waals surface area contributed by atoms with Crippen LogP contribution in [0.25, 0.3) is 0 Å². The van der Waals surface area contributed by atoms with E-state index in [2.05, 4.69) is 16.0 Å². The van der Waals surface area contributed by atoms with E-state index in [-0.39, 0.29) is 17.0 Å². The number of anilines is 1. The topological polar surface area (TPSA) is 58.2 Å². The van der Waals surface area contributed by atoms with Crippen molar-refractivity contribution in [1.82, 2.24) is 4.72 Å². The zero-order valence-corrected chi connectivity index (χ0v) is 11.7. The van der Waals surface area contributed by atoms with Crippen molar-refractivity contribution in [2.45, 2.75) is 43.2 Å². The largest absolute Gasteiger partial charge is 0.381 e. The summed E-state index contributed by atoms with van der Waals surface area (Å²) in [5.41, 5.74) is 0.596. The molecule has 2 rings (SSSR count). The summed E-state index contributed by atoms with van der Waals surface area (Å²) in [5.74, 6) is 2.56. The summed E-state index contributed by atoms with van der Waals surface area (Å²) in [6.07, 6.45) is 7.64. The smallest absolute Gasteiger partial charge is 0.242 e. The quantitative estimate of drug-likeness (QED) is 0.782. The number of hydrogen-bond acceptors (Lipinski definition) is 3. The Hall–Kier alpha value is -1.51. The highest BCUT2D eigenvalue weighted by Gasteiger charge is 2.29. The molecular weight excluding hydrogens is 260 g/mol. The number of rotatable bonds is 6. The lowest BCUT2D eigenvalue weighted by Crippen LogP contribution is -2.27. The highest BCUT2D eigenvalue weighted by atomic mass is 32.2. The molecule has 0 saturated heterocycles. The van der Waals surface area contributed by atoms with E-state index in [1.807, 2.05) is 6.92 Å². The van der Waals surface area contributed by atoms with Crippen molar-refractivity contribution in [3.63, 3.8) is 0 Å². The van der Waals surface area contributed by atoms with Crippen LogP contribution in [0.5, 0.6) is 0 Å². The first-order valence-electron chi connectivity index (χ1n) is 6.34. The van der Waals surface area contributed by atoms with Gasteiger partial charge in [0.2, 0.25) is 10.0 Å². The molecule has 1 aliphatic carbocycles. The molecule has 0 bridgehead atoms. The molecule has 0 radical (unpaired) electrons. The predicted octanol–water partition coefficient (Wildman–Crippen LogP) is 1.95. The van der Waals surface area contributed by atoms with E-state index in [1.54, 1.807) is 24.3 Å². The Kier molecular flexibility index (Phi) is 4.13. The van der Waals surface area contributed by atoms with Gasteiger partial charge >= 0.3 is 0 Å². The molecule has 1 saturated carbocycles. The second-order valence-corrected chi connectivity index (χ2v) is 6.53. The first-order valence-corrected chi connectivity index (χ1v) is 7.82. The van der Waals surface area contributed by atoms with Crippen LogP contribution in [0.2, 0.25) is 0 Å². The first kappa shape index (κ1) is 13.9. The number of hydrogen-bond donors (Lipinski definition) is 2. The molecule has 5 heteroatoms. The summed E-state index contributed by atoms with van der Waals surface area (Å²) in [4.78, 5) is 0.283. The molecule has 1 aromatic rings. The van der Waals surface area contributed by atoms with Crippen LogP contribution >= 0.6 is 0 Å². The third kappa shape index (κ3) is 3.72. The van der Waals surface area contributed by atoms with Gasteiger partial charge in [0, 0.05) is 18.5 Å². The fourth-order valence-corrected chi connectivity index (χ4v) is 3.27. The molecule has 0 spiro atoms. The molecule has 0 amide bonds. The van der Waals surface area contributed by atoms with Gasteiger partial charge in [-0.15, -0.1) is 12.3 Å². The average Bonchev–Trinajstić information content (AvgIpc) is 3.13. The molecule has 0 aromatic heterocycles. The third-order valence-electron chi connectivity index (χ3n) is 2.90. The van der Waals surface area contributed by atoms with Gasteiger partial charge in [0.05, 0.1) is 5.69 Å². The van der Waals surface area contributed by atoms with Crippen molar-refractivity contribution < 1.29 is 8.42 Å². The minimum atomic E-state index is -3.45. The van der Waals surface area contributed by atoms with Gasteiger partial charge in [0.1, 0.15) is 4.90 Å². The van der Waals surface area contributed by atoms with Gasteiger partial charge in [0.15, 0.2) is 0 Å². The second kappa shape index (κ2) is 5.64. The minimum absolute atomic E-state index is 0.0299. The fourth-order valence-electron chi connectivity index (χ4n) is 1.80. The second-order valence-electron chi connectivity index (χ2n) is 4.85. The van der Waals surface area contributed by atoms with Crippen molar-refractivity contribution in [1.29, 1.82) is 0 Å². The van der Waals surface area contributed by atoms with Gasteiger partial charge in [-0.2, -0.15) is 0 Å². The van der Waals surface area contributed by atoms with Crippen LogP contribution < -0.4 is 10.0 Å². The molecule has 19 heavy (non-hydrogen) atoms. The van der Waals surface area contributed by atoms with Crippen LogP contribution in [0.15, 0.2) is 29.2 Å². The normalized spacial score (nSPS) is 16.6. The van der Waals surface area contributed by atoms with Crippen molar-refractivity contribution in [2.24, 2.45) is 0 Å². The van der Waals surface area contributed by atoms with Crippen molar-refractivity contribution in [3.05, 3.63) is 24.3 Å². The number of nitrogens with one attached hydrogen (secondary N) is 2. The van der Waals surface area contributed by atoms with Gasteiger partial charge in [-0.05, 0) is 31.9 Å². The third-order valence-corrected chi connectivity index (χ3v) is 4.48. The van der Waals surface area contributed by atoms with E-state index in [0.29, 0.717) is 12.1 Å². The van der Waals surface area contributed by atoms with Crippen LogP contribution in [0.3, 0.4) is 0 Å². The van der Waals surface area contributed by atoms with E-state index in [9.17, 15) is 8.42 Å². The maximum Gasteiger partial charge on any atom is 0.242 e. The van der Waals surface area contributed by atoms with E-state index >= 15 is 0 Å². The maximum atomic E-state index is 12.3.